The lowest BCUT2D eigenvalue weighted by atomic mass is 10.1. The molecule has 0 aliphatic carbocycles. The number of halogens is 1. The van der Waals surface area contributed by atoms with Crippen LogP contribution in [0.3, 0.4) is 0 Å². The smallest absolute Gasteiger partial charge is 0.255 e. The molecule has 0 spiro atoms. The van der Waals surface area contributed by atoms with E-state index in [1.807, 2.05) is 37.3 Å². The van der Waals surface area contributed by atoms with Crippen LogP contribution in [0.5, 0.6) is 0 Å². The largest absolute Gasteiger partial charge is 0.372 e. The predicted octanol–water partition coefficient (Wildman–Crippen LogP) is 2.75. The molecular weight excluding hydrogens is 257 g/mol. The second kappa shape index (κ2) is 6.14. The first-order valence-corrected chi connectivity index (χ1v) is 6.31. The Morgan fingerprint density at radius 3 is 2.65 bits per heavy atom. The van der Waals surface area contributed by atoms with Crippen molar-refractivity contribution in [1.82, 2.24) is 10.3 Å². The van der Waals surface area contributed by atoms with Crippen molar-refractivity contribution in [3.05, 3.63) is 59.5 Å². The molecule has 1 aromatic heterocycles. The molecule has 1 atom stereocenters. The number of carbonyl (C=O) groups excluding carboxylic acids is 1. The second-order valence-corrected chi connectivity index (χ2v) is 4.41. The zero-order valence-corrected chi connectivity index (χ0v) is 11.4. The number of anilines is 1. The van der Waals surface area contributed by atoms with Gasteiger partial charge < -0.3 is 10.6 Å². The number of hydrogen-bond acceptors (Lipinski definition) is 3. The topological polar surface area (TPSA) is 54.0 Å². The maximum Gasteiger partial charge on any atom is 0.255 e. The highest BCUT2D eigenvalue weighted by Crippen LogP contribution is 2.16. The summed E-state index contributed by atoms with van der Waals surface area (Å²) in [5, 5.41) is 5.61. The van der Waals surface area contributed by atoms with Crippen LogP contribution in [-0.2, 0) is 0 Å². The molecule has 0 aliphatic rings. The van der Waals surface area contributed by atoms with E-state index in [-0.39, 0.29) is 17.5 Å². The SMILES string of the molecule is CNc1ncc(F)cc1C(=O)NC(C)c1ccccc1. The van der Waals surface area contributed by atoms with Gasteiger partial charge >= 0.3 is 0 Å². The van der Waals surface area contributed by atoms with Crippen LogP contribution in [0.15, 0.2) is 42.6 Å². The molecule has 0 saturated heterocycles. The molecule has 1 unspecified atom stereocenters. The van der Waals surface area contributed by atoms with Gasteiger partial charge in [0.25, 0.3) is 5.91 Å². The predicted molar refractivity (Wildman–Crippen MR) is 76.1 cm³/mol. The van der Waals surface area contributed by atoms with Gasteiger partial charge in [-0.25, -0.2) is 9.37 Å². The van der Waals surface area contributed by atoms with E-state index < -0.39 is 5.82 Å². The fourth-order valence-electron chi connectivity index (χ4n) is 1.91. The summed E-state index contributed by atoms with van der Waals surface area (Å²) in [6.07, 6.45) is 1.07. The Morgan fingerprint density at radius 2 is 2.00 bits per heavy atom. The van der Waals surface area contributed by atoms with Gasteiger partial charge in [-0.05, 0) is 18.6 Å². The number of amides is 1. The summed E-state index contributed by atoms with van der Waals surface area (Å²) in [6, 6.07) is 10.6. The fourth-order valence-corrected chi connectivity index (χ4v) is 1.91. The van der Waals surface area contributed by atoms with Gasteiger partial charge in [0.05, 0.1) is 17.8 Å². The molecule has 104 valence electrons. The first-order chi connectivity index (χ1) is 9.61. The van der Waals surface area contributed by atoms with Gasteiger partial charge in [0.1, 0.15) is 11.6 Å². The summed E-state index contributed by atoms with van der Waals surface area (Å²) >= 11 is 0. The Hall–Kier alpha value is -2.43. The van der Waals surface area contributed by atoms with Crippen molar-refractivity contribution in [1.29, 1.82) is 0 Å². The van der Waals surface area contributed by atoms with E-state index in [9.17, 15) is 9.18 Å². The molecule has 0 bridgehead atoms. The molecule has 1 aromatic carbocycles. The van der Waals surface area contributed by atoms with Crippen molar-refractivity contribution in [2.24, 2.45) is 0 Å². The molecule has 0 aliphatic heterocycles. The average Bonchev–Trinajstić information content (AvgIpc) is 2.48. The van der Waals surface area contributed by atoms with Crippen LogP contribution in [0.1, 0.15) is 28.9 Å². The highest BCUT2D eigenvalue weighted by atomic mass is 19.1. The summed E-state index contributed by atoms with van der Waals surface area (Å²) < 4.78 is 13.2. The molecule has 5 heteroatoms. The Bertz CT molecular complexity index is 601. The molecule has 0 radical (unpaired) electrons. The molecule has 0 fully saturated rings. The van der Waals surface area contributed by atoms with Crippen LogP contribution in [0.2, 0.25) is 0 Å². The third-order valence-electron chi connectivity index (χ3n) is 2.98. The molecular formula is C15H16FN3O. The Morgan fingerprint density at radius 1 is 1.30 bits per heavy atom. The van der Waals surface area contributed by atoms with Gasteiger partial charge in [0.2, 0.25) is 0 Å². The Labute approximate surface area is 117 Å². The molecule has 2 rings (SSSR count). The summed E-state index contributed by atoms with van der Waals surface area (Å²) in [6.45, 7) is 1.87. The Balaban J connectivity index is 2.18. The number of nitrogens with zero attached hydrogens (tertiary/aromatic N) is 1. The highest BCUT2D eigenvalue weighted by Gasteiger charge is 2.16. The Kier molecular flexibility index (Phi) is 4.30. The van der Waals surface area contributed by atoms with E-state index in [0.29, 0.717) is 5.82 Å². The summed E-state index contributed by atoms with van der Waals surface area (Å²) in [5.41, 5.74) is 1.17. The number of hydrogen-bond donors (Lipinski definition) is 2. The van der Waals surface area contributed by atoms with E-state index in [0.717, 1.165) is 11.8 Å². The number of benzene rings is 1. The van der Waals surface area contributed by atoms with Crippen LogP contribution >= 0.6 is 0 Å². The quantitative estimate of drug-likeness (QED) is 0.900. The molecule has 2 aromatic rings. The van der Waals surface area contributed by atoms with Gasteiger partial charge in [-0.15, -0.1) is 0 Å². The lowest BCUT2D eigenvalue weighted by Gasteiger charge is -2.15. The minimum atomic E-state index is -0.540. The molecule has 4 nitrogen and oxygen atoms in total. The standard InChI is InChI=1S/C15H16FN3O/c1-10(11-6-4-3-5-7-11)19-15(20)13-8-12(16)9-18-14(13)17-2/h3-10H,1-2H3,(H,17,18)(H,19,20). The number of carbonyl (C=O) groups is 1. The fraction of sp³-hybridized carbons (Fsp3) is 0.200. The van der Waals surface area contributed by atoms with Crippen molar-refractivity contribution in [2.75, 3.05) is 12.4 Å². The van der Waals surface area contributed by atoms with Gasteiger partial charge in [-0.2, -0.15) is 0 Å². The monoisotopic (exact) mass is 273 g/mol. The third-order valence-corrected chi connectivity index (χ3v) is 2.98. The zero-order chi connectivity index (χ0) is 14.5. The number of pyridine rings is 1. The number of aromatic nitrogens is 1. The summed E-state index contributed by atoms with van der Waals surface area (Å²) in [4.78, 5) is 16.1. The lowest BCUT2D eigenvalue weighted by molar-refractivity contribution is 0.0940. The summed E-state index contributed by atoms with van der Waals surface area (Å²) in [5.74, 6) is -0.552. The van der Waals surface area contributed by atoms with Gasteiger partial charge in [0, 0.05) is 7.05 Å². The highest BCUT2D eigenvalue weighted by molar-refractivity contribution is 5.98. The lowest BCUT2D eigenvalue weighted by Crippen LogP contribution is -2.27. The normalized spacial score (nSPS) is 11.8. The van der Waals surface area contributed by atoms with Crippen LogP contribution in [-0.4, -0.2) is 17.9 Å². The first-order valence-electron chi connectivity index (χ1n) is 6.31. The zero-order valence-electron chi connectivity index (χ0n) is 11.4. The van der Waals surface area contributed by atoms with Crippen molar-refractivity contribution >= 4 is 11.7 Å². The van der Waals surface area contributed by atoms with E-state index >= 15 is 0 Å². The minimum absolute atomic E-state index is 0.170. The second-order valence-electron chi connectivity index (χ2n) is 4.41. The van der Waals surface area contributed by atoms with E-state index in [1.54, 1.807) is 7.05 Å². The van der Waals surface area contributed by atoms with Gasteiger partial charge in [-0.3, -0.25) is 4.79 Å². The van der Waals surface area contributed by atoms with E-state index in [1.165, 1.54) is 6.07 Å². The van der Waals surface area contributed by atoms with Crippen LogP contribution in [0.25, 0.3) is 0 Å². The van der Waals surface area contributed by atoms with E-state index in [4.69, 9.17) is 0 Å². The van der Waals surface area contributed by atoms with Crippen LogP contribution in [0, 0.1) is 5.82 Å². The van der Waals surface area contributed by atoms with E-state index in [2.05, 4.69) is 15.6 Å². The molecule has 1 heterocycles. The van der Waals surface area contributed by atoms with Crippen molar-refractivity contribution in [3.63, 3.8) is 0 Å². The first kappa shape index (κ1) is 14.0. The van der Waals surface area contributed by atoms with Crippen molar-refractivity contribution < 1.29 is 9.18 Å². The van der Waals surface area contributed by atoms with Crippen molar-refractivity contribution in [3.8, 4) is 0 Å². The maximum absolute atomic E-state index is 13.2. The van der Waals surface area contributed by atoms with Crippen LogP contribution in [0.4, 0.5) is 10.2 Å². The third kappa shape index (κ3) is 3.12. The molecule has 2 N–H and O–H groups in total. The number of nitrogens with one attached hydrogen (secondary N) is 2. The summed E-state index contributed by atoms with van der Waals surface area (Å²) in [7, 11) is 1.64. The van der Waals surface area contributed by atoms with Crippen molar-refractivity contribution in [2.45, 2.75) is 13.0 Å². The molecule has 0 saturated carbocycles. The maximum atomic E-state index is 13.2. The van der Waals surface area contributed by atoms with Crippen LogP contribution < -0.4 is 10.6 Å². The number of rotatable bonds is 4. The molecule has 20 heavy (non-hydrogen) atoms. The van der Waals surface area contributed by atoms with Gasteiger partial charge in [-0.1, -0.05) is 30.3 Å². The average molecular weight is 273 g/mol. The molecule has 1 amide bonds. The minimum Gasteiger partial charge on any atom is -0.372 e. The van der Waals surface area contributed by atoms with Gasteiger partial charge in [0.15, 0.2) is 0 Å².